The monoisotopic (exact) mass is 342 g/mol. The van der Waals surface area contributed by atoms with Crippen molar-refractivity contribution < 1.29 is 9.59 Å². The van der Waals surface area contributed by atoms with Gasteiger partial charge in [0, 0.05) is 36.2 Å². The molecular weight excluding hydrogens is 320 g/mol. The SMILES string of the molecule is CSc1ccc(CN(C)C(=O)c2[nH]c3c(c2C)C(=O)CCC3)cc1. The lowest BCUT2D eigenvalue weighted by molar-refractivity contribution is 0.0779. The predicted molar refractivity (Wildman–Crippen MR) is 96.8 cm³/mol. The van der Waals surface area contributed by atoms with Crippen LogP contribution >= 0.6 is 11.8 Å². The molecule has 5 heteroatoms. The Morgan fingerprint density at radius 1 is 1.25 bits per heavy atom. The highest BCUT2D eigenvalue weighted by Crippen LogP contribution is 2.27. The number of hydrogen-bond acceptors (Lipinski definition) is 3. The summed E-state index contributed by atoms with van der Waals surface area (Å²) in [5.74, 6) is 0.0861. The number of carbonyl (C=O) groups excluding carboxylic acids is 2. The van der Waals surface area contributed by atoms with E-state index in [4.69, 9.17) is 0 Å². The van der Waals surface area contributed by atoms with Crippen LogP contribution in [-0.4, -0.2) is 34.9 Å². The van der Waals surface area contributed by atoms with Crippen molar-refractivity contribution in [2.45, 2.75) is 37.6 Å². The normalized spacial score (nSPS) is 13.7. The Kier molecular flexibility index (Phi) is 4.81. The van der Waals surface area contributed by atoms with Crippen molar-refractivity contribution in [3.63, 3.8) is 0 Å². The van der Waals surface area contributed by atoms with Crippen LogP contribution in [0.2, 0.25) is 0 Å². The van der Waals surface area contributed by atoms with E-state index in [1.165, 1.54) is 4.90 Å². The first-order valence-electron chi connectivity index (χ1n) is 8.14. The number of nitrogens with zero attached hydrogens (tertiary/aromatic N) is 1. The van der Waals surface area contributed by atoms with Gasteiger partial charge in [-0.25, -0.2) is 0 Å². The fourth-order valence-electron chi connectivity index (χ4n) is 3.26. The standard InChI is InChI=1S/C19H22N2O2S/c1-12-17-15(5-4-6-16(17)22)20-18(12)19(23)21(2)11-13-7-9-14(24-3)10-8-13/h7-10,20H,4-6,11H2,1-3H3. The summed E-state index contributed by atoms with van der Waals surface area (Å²) in [6.45, 7) is 2.41. The molecule has 0 saturated carbocycles. The Hall–Kier alpha value is -2.01. The summed E-state index contributed by atoms with van der Waals surface area (Å²) in [6, 6.07) is 8.22. The van der Waals surface area contributed by atoms with Crippen LogP contribution < -0.4 is 0 Å². The van der Waals surface area contributed by atoms with E-state index in [0.29, 0.717) is 18.7 Å². The summed E-state index contributed by atoms with van der Waals surface area (Å²) in [6.07, 6.45) is 4.32. The lowest BCUT2D eigenvalue weighted by atomic mass is 9.94. The Morgan fingerprint density at radius 2 is 1.96 bits per heavy atom. The van der Waals surface area contributed by atoms with Gasteiger partial charge in [-0.2, -0.15) is 0 Å². The van der Waals surface area contributed by atoms with Gasteiger partial charge in [-0.05, 0) is 49.3 Å². The number of hydrogen-bond donors (Lipinski definition) is 1. The molecule has 0 atom stereocenters. The smallest absolute Gasteiger partial charge is 0.270 e. The lowest BCUT2D eigenvalue weighted by Gasteiger charge is -2.17. The van der Waals surface area contributed by atoms with Crippen molar-refractivity contribution in [2.75, 3.05) is 13.3 Å². The highest BCUT2D eigenvalue weighted by atomic mass is 32.2. The number of thioether (sulfide) groups is 1. The van der Waals surface area contributed by atoms with E-state index in [1.807, 2.05) is 25.3 Å². The molecule has 1 aromatic heterocycles. The van der Waals surface area contributed by atoms with Gasteiger partial charge in [0.05, 0.1) is 0 Å². The average Bonchev–Trinajstić information content (AvgIpc) is 2.93. The third-order valence-electron chi connectivity index (χ3n) is 4.58. The average molecular weight is 342 g/mol. The van der Waals surface area contributed by atoms with Gasteiger partial charge in [0.2, 0.25) is 0 Å². The quantitative estimate of drug-likeness (QED) is 0.859. The fourth-order valence-corrected chi connectivity index (χ4v) is 3.66. The van der Waals surface area contributed by atoms with Crippen LogP contribution in [0.4, 0.5) is 0 Å². The zero-order valence-corrected chi connectivity index (χ0v) is 15.1. The summed E-state index contributed by atoms with van der Waals surface area (Å²) in [5.41, 5.74) is 4.10. The minimum Gasteiger partial charge on any atom is -0.354 e. The van der Waals surface area contributed by atoms with E-state index in [1.54, 1.807) is 23.7 Å². The second-order valence-electron chi connectivity index (χ2n) is 6.26. The van der Waals surface area contributed by atoms with Crippen molar-refractivity contribution in [3.8, 4) is 0 Å². The molecule has 0 aliphatic heterocycles. The van der Waals surface area contributed by atoms with Gasteiger partial charge in [0.15, 0.2) is 5.78 Å². The second kappa shape index (κ2) is 6.85. The molecular formula is C19H22N2O2S. The van der Waals surface area contributed by atoms with Crippen molar-refractivity contribution in [1.82, 2.24) is 9.88 Å². The first kappa shape index (κ1) is 16.8. The summed E-state index contributed by atoms with van der Waals surface area (Å²) in [4.78, 5) is 31.0. The maximum atomic E-state index is 12.8. The van der Waals surface area contributed by atoms with Gasteiger partial charge in [-0.1, -0.05) is 12.1 Å². The lowest BCUT2D eigenvalue weighted by Crippen LogP contribution is -2.27. The number of Topliss-reactive ketones (excluding diaryl/α,β-unsaturated/α-hetero) is 1. The molecule has 0 radical (unpaired) electrons. The minimum atomic E-state index is -0.0661. The number of amides is 1. The van der Waals surface area contributed by atoms with Gasteiger partial charge in [-0.3, -0.25) is 9.59 Å². The van der Waals surface area contributed by atoms with E-state index >= 15 is 0 Å². The van der Waals surface area contributed by atoms with Crippen molar-refractivity contribution >= 4 is 23.5 Å². The van der Waals surface area contributed by atoms with E-state index in [0.717, 1.165) is 35.2 Å². The van der Waals surface area contributed by atoms with Crippen LogP contribution in [0.5, 0.6) is 0 Å². The number of nitrogens with one attached hydrogen (secondary N) is 1. The van der Waals surface area contributed by atoms with E-state index < -0.39 is 0 Å². The zero-order chi connectivity index (χ0) is 17.3. The molecule has 126 valence electrons. The summed E-state index contributed by atoms with van der Waals surface area (Å²) < 4.78 is 0. The van der Waals surface area contributed by atoms with Crippen LogP contribution in [0.25, 0.3) is 0 Å². The molecule has 4 nitrogen and oxygen atoms in total. The van der Waals surface area contributed by atoms with Gasteiger partial charge in [0.25, 0.3) is 5.91 Å². The number of rotatable bonds is 4. The van der Waals surface area contributed by atoms with Crippen LogP contribution in [0.1, 0.15) is 50.5 Å². The number of H-pyrrole nitrogens is 1. The molecule has 3 rings (SSSR count). The number of ketones is 1. The predicted octanol–water partition coefficient (Wildman–Crippen LogP) is 3.84. The Labute approximate surface area is 146 Å². The molecule has 0 bridgehead atoms. The summed E-state index contributed by atoms with van der Waals surface area (Å²) >= 11 is 1.70. The number of fused-ring (bicyclic) bond motifs is 1. The molecule has 1 N–H and O–H groups in total. The Bertz CT molecular complexity index is 777. The van der Waals surface area contributed by atoms with Crippen molar-refractivity contribution in [1.29, 1.82) is 0 Å². The topological polar surface area (TPSA) is 53.2 Å². The Morgan fingerprint density at radius 3 is 2.58 bits per heavy atom. The van der Waals surface area contributed by atoms with Gasteiger partial charge >= 0.3 is 0 Å². The van der Waals surface area contributed by atoms with E-state index in [2.05, 4.69) is 17.1 Å². The highest BCUT2D eigenvalue weighted by molar-refractivity contribution is 7.98. The van der Waals surface area contributed by atoms with E-state index in [-0.39, 0.29) is 11.7 Å². The van der Waals surface area contributed by atoms with E-state index in [9.17, 15) is 9.59 Å². The first-order chi connectivity index (χ1) is 11.5. The van der Waals surface area contributed by atoms with Crippen LogP contribution in [0.15, 0.2) is 29.2 Å². The largest absolute Gasteiger partial charge is 0.354 e. The van der Waals surface area contributed by atoms with Crippen LogP contribution in [0.3, 0.4) is 0 Å². The molecule has 1 heterocycles. The molecule has 24 heavy (non-hydrogen) atoms. The molecule has 2 aromatic rings. The number of benzene rings is 1. The highest BCUT2D eigenvalue weighted by Gasteiger charge is 2.27. The van der Waals surface area contributed by atoms with Crippen molar-refractivity contribution in [2.24, 2.45) is 0 Å². The van der Waals surface area contributed by atoms with Gasteiger partial charge in [0.1, 0.15) is 5.69 Å². The van der Waals surface area contributed by atoms with Gasteiger partial charge < -0.3 is 9.88 Å². The molecule has 0 unspecified atom stereocenters. The minimum absolute atomic E-state index is 0.0661. The first-order valence-corrected chi connectivity index (χ1v) is 9.36. The third kappa shape index (κ3) is 3.13. The fraction of sp³-hybridized carbons (Fsp3) is 0.368. The maximum absolute atomic E-state index is 12.8. The number of aromatic amines is 1. The van der Waals surface area contributed by atoms with Crippen LogP contribution in [-0.2, 0) is 13.0 Å². The number of aromatic nitrogens is 1. The third-order valence-corrected chi connectivity index (χ3v) is 5.32. The molecule has 1 amide bonds. The van der Waals surface area contributed by atoms with Gasteiger partial charge in [-0.15, -0.1) is 11.8 Å². The zero-order valence-electron chi connectivity index (χ0n) is 14.3. The van der Waals surface area contributed by atoms with Crippen LogP contribution in [0, 0.1) is 6.92 Å². The molecule has 1 aliphatic rings. The molecule has 0 saturated heterocycles. The maximum Gasteiger partial charge on any atom is 0.270 e. The molecule has 0 fully saturated rings. The number of aryl methyl sites for hydroxylation is 1. The molecule has 0 spiro atoms. The summed E-state index contributed by atoms with van der Waals surface area (Å²) in [7, 11) is 1.80. The second-order valence-corrected chi connectivity index (χ2v) is 7.14. The molecule has 1 aromatic carbocycles. The Balaban J connectivity index is 1.79. The number of carbonyl (C=O) groups is 2. The summed E-state index contributed by atoms with van der Waals surface area (Å²) in [5, 5.41) is 0. The molecule has 1 aliphatic carbocycles. The van der Waals surface area contributed by atoms with Crippen molar-refractivity contribution in [3.05, 3.63) is 52.3 Å².